The van der Waals surface area contributed by atoms with E-state index in [1.54, 1.807) is 4.90 Å². The van der Waals surface area contributed by atoms with Crippen LogP contribution in [0.3, 0.4) is 0 Å². The van der Waals surface area contributed by atoms with Gasteiger partial charge in [0.2, 0.25) is 11.8 Å². The van der Waals surface area contributed by atoms with Crippen molar-refractivity contribution < 1.29 is 19.1 Å². The van der Waals surface area contributed by atoms with Crippen LogP contribution in [0.1, 0.15) is 69.1 Å². The minimum absolute atomic E-state index is 0.0514. The van der Waals surface area contributed by atoms with Crippen molar-refractivity contribution in [1.29, 1.82) is 0 Å². The van der Waals surface area contributed by atoms with Gasteiger partial charge in [0.1, 0.15) is 6.04 Å². The van der Waals surface area contributed by atoms with Crippen LogP contribution in [0.2, 0.25) is 0 Å². The minimum Gasteiger partial charge on any atom is -0.490 e. The smallest absolute Gasteiger partial charge is 0.243 e. The van der Waals surface area contributed by atoms with Gasteiger partial charge in [-0.3, -0.25) is 9.59 Å². The molecule has 6 nitrogen and oxygen atoms in total. The summed E-state index contributed by atoms with van der Waals surface area (Å²) in [5.41, 5.74) is 3.00. The monoisotopic (exact) mass is 634 g/mol. The van der Waals surface area contributed by atoms with E-state index in [1.165, 1.54) is 6.42 Å². The number of hydrogen-bond acceptors (Lipinski definition) is 4. The van der Waals surface area contributed by atoms with Gasteiger partial charge in [0.25, 0.3) is 0 Å². The third-order valence-electron chi connectivity index (χ3n) is 7.72. The summed E-state index contributed by atoms with van der Waals surface area (Å²) in [4.78, 5) is 29.8. The number of carbonyl (C=O) groups excluding carboxylic acids is 2. The van der Waals surface area contributed by atoms with Gasteiger partial charge in [0, 0.05) is 29.9 Å². The molecule has 0 radical (unpaired) electrons. The zero-order valence-corrected chi connectivity index (χ0v) is 26.4. The fourth-order valence-electron chi connectivity index (χ4n) is 5.53. The topological polar surface area (TPSA) is 67.9 Å². The highest BCUT2D eigenvalue weighted by atomic mass is 79.9. The van der Waals surface area contributed by atoms with E-state index < -0.39 is 6.04 Å². The van der Waals surface area contributed by atoms with Crippen molar-refractivity contribution in [3.63, 3.8) is 0 Å². The van der Waals surface area contributed by atoms with Gasteiger partial charge < -0.3 is 19.7 Å². The predicted octanol–water partition coefficient (Wildman–Crippen LogP) is 7.27. The molecule has 0 heterocycles. The van der Waals surface area contributed by atoms with Crippen molar-refractivity contribution in [2.75, 3.05) is 13.2 Å². The minimum atomic E-state index is -0.621. The molecule has 0 bridgehead atoms. The molecule has 0 aromatic heterocycles. The number of benzene rings is 3. The van der Waals surface area contributed by atoms with Gasteiger partial charge in [-0.15, -0.1) is 0 Å². The first kappa shape index (κ1) is 31.6. The van der Waals surface area contributed by atoms with Crippen LogP contribution in [0.4, 0.5) is 0 Å². The van der Waals surface area contributed by atoms with Gasteiger partial charge in [-0.25, -0.2) is 0 Å². The molecule has 1 atom stereocenters. The lowest BCUT2D eigenvalue weighted by Gasteiger charge is -2.33. The zero-order valence-electron chi connectivity index (χ0n) is 24.8. The summed E-state index contributed by atoms with van der Waals surface area (Å²) < 4.78 is 12.5. The lowest BCUT2D eigenvalue weighted by molar-refractivity contribution is -0.141. The van der Waals surface area contributed by atoms with Gasteiger partial charge >= 0.3 is 0 Å². The van der Waals surface area contributed by atoms with E-state index in [1.807, 2.05) is 86.6 Å². The Kier molecular flexibility index (Phi) is 12.3. The number of carbonyl (C=O) groups is 2. The molecule has 42 heavy (non-hydrogen) atoms. The molecule has 3 aromatic rings. The normalized spacial score (nSPS) is 14.2. The largest absolute Gasteiger partial charge is 0.490 e. The van der Waals surface area contributed by atoms with Crippen LogP contribution in [-0.4, -0.2) is 42.0 Å². The third-order valence-corrected chi connectivity index (χ3v) is 8.25. The van der Waals surface area contributed by atoms with Crippen molar-refractivity contribution in [1.82, 2.24) is 10.2 Å². The summed E-state index contributed by atoms with van der Waals surface area (Å²) in [6.07, 6.45) is 6.71. The Morgan fingerprint density at radius 3 is 2.21 bits per heavy atom. The molecular weight excluding hydrogens is 592 g/mol. The molecule has 1 unspecified atom stereocenters. The number of rotatable bonds is 14. The SMILES string of the molecule is CCOc1ccc(CCC(=O)N(Cc2ccc(Br)cc2)C(Cc2ccccc2)C(=O)NC2CCCCC2)cc1OCC. The van der Waals surface area contributed by atoms with Crippen LogP contribution >= 0.6 is 15.9 Å². The molecular formula is C35H43BrN2O4. The van der Waals surface area contributed by atoms with Crippen molar-refractivity contribution in [2.24, 2.45) is 0 Å². The van der Waals surface area contributed by atoms with Crippen molar-refractivity contribution in [3.8, 4) is 11.5 Å². The number of halogens is 1. The van der Waals surface area contributed by atoms with Gasteiger partial charge in [0.15, 0.2) is 11.5 Å². The Hall–Kier alpha value is -3.32. The first-order valence-corrected chi connectivity index (χ1v) is 16.0. The van der Waals surface area contributed by atoms with E-state index in [-0.39, 0.29) is 24.3 Å². The summed E-state index contributed by atoms with van der Waals surface area (Å²) in [6, 6.07) is 23.3. The molecule has 0 aliphatic heterocycles. The first-order chi connectivity index (χ1) is 20.5. The Morgan fingerprint density at radius 1 is 0.857 bits per heavy atom. The van der Waals surface area contributed by atoms with E-state index in [0.717, 1.165) is 46.8 Å². The predicted molar refractivity (Wildman–Crippen MR) is 171 cm³/mol. The molecule has 1 aliphatic carbocycles. The second-order valence-corrected chi connectivity index (χ2v) is 11.8. The van der Waals surface area contributed by atoms with E-state index in [2.05, 4.69) is 21.2 Å². The maximum absolute atomic E-state index is 14.1. The quantitative estimate of drug-likeness (QED) is 0.202. The number of nitrogens with zero attached hydrogens (tertiary/aromatic N) is 1. The maximum atomic E-state index is 14.1. The highest BCUT2D eigenvalue weighted by Gasteiger charge is 2.31. The summed E-state index contributed by atoms with van der Waals surface area (Å²) in [5.74, 6) is 1.26. The van der Waals surface area contributed by atoms with Crippen molar-refractivity contribution in [3.05, 3.63) is 94.0 Å². The van der Waals surface area contributed by atoms with Crippen LogP contribution < -0.4 is 14.8 Å². The average Bonchev–Trinajstić information content (AvgIpc) is 3.01. The zero-order chi connectivity index (χ0) is 29.7. The summed E-state index contributed by atoms with van der Waals surface area (Å²) in [7, 11) is 0. The Balaban J connectivity index is 1.59. The highest BCUT2D eigenvalue weighted by molar-refractivity contribution is 9.10. The fraction of sp³-hybridized carbons (Fsp3) is 0.429. The maximum Gasteiger partial charge on any atom is 0.243 e. The van der Waals surface area contributed by atoms with Crippen molar-refractivity contribution >= 4 is 27.7 Å². The second kappa shape index (κ2) is 16.4. The highest BCUT2D eigenvalue weighted by Crippen LogP contribution is 2.29. The Bertz CT molecular complexity index is 1280. The molecule has 224 valence electrons. The average molecular weight is 636 g/mol. The van der Waals surface area contributed by atoms with E-state index in [0.29, 0.717) is 44.1 Å². The molecule has 2 amide bonds. The molecule has 0 spiro atoms. The lowest BCUT2D eigenvalue weighted by atomic mass is 9.94. The van der Waals surface area contributed by atoms with Crippen LogP contribution in [0.5, 0.6) is 11.5 Å². The third kappa shape index (κ3) is 9.35. The van der Waals surface area contributed by atoms with Gasteiger partial charge in [0.05, 0.1) is 13.2 Å². The molecule has 0 saturated heterocycles. The molecule has 1 saturated carbocycles. The van der Waals surface area contributed by atoms with Crippen LogP contribution in [-0.2, 0) is 29.0 Å². The molecule has 3 aromatic carbocycles. The fourth-order valence-corrected chi connectivity index (χ4v) is 5.80. The summed E-state index contributed by atoms with van der Waals surface area (Å²) in [5, 5.41) is 3.31. The standard InChI is InChI=1S/C35H43BrN2O4/c1-3-41-32-21-17-27(24-33(32)42-4-2)18-22-34(39)38(25-28-15-19-29(36)20-16-28)31(23-26-11-7-5-8-12-26)35(40)37-30-13-9-6-10-14-30/h5,7-8,11-12,15-17,19-21,24,30-31H,3-4,6,9-10,13-14,18,22-23,25H2,1-2H3,(H,37,40). The molecule has 4 rings (SSSR count). The van der Waals surface area contributed by atoms with Crippen molar-refractivity contribution in [2.45, 2.75) is 83.8 Å². The molecule has 1 aliphatic rings. The lowest BCUT2D eigenvalue weighted by Crippen LogP contribution is -2.52. The van der Waals surface area contributed by atoms with Gasteiger partial charge in [-0.05, 0) is 74.1 Å². The molecule has 1 N–H and O–H groups in total. The Morgan fingerprint density at radius 2 is 1.52 bits per heavy atom. The Labute approximate surface area is 258 Å². The van der Waals surface area contributed by atoms with E-state index in [4.69, 9.17) is 9.47 Å². The summed E-state index contributed by atoms with van der Waals surface area (Å²) in [6.45, 7) is 5.32. The van der Waals surface area contributed by atoms with E-state index >= 15 is 0 Å². The number of ether oxygens (including phenoxy) is 2. The number of hydrogen-bond donors (Lipinski definition) is 1. The van der Waals surface area contributed by atoms with Gasteiger partial charge in [-0.1, -0.05) is 83.7 Å². The number of aryl methyl sites for hydroxylation is 1. The number of nitrogens with one attached hydrogen (secondary N) is 1. The van der Waals surface area contributed by atoms with Crippen LogP contribution in [0.25, 0.3) is 0 Å². The summed E-state index contributed by atoms with van der Waals surface area (Å²) >= 11 is 3.51. The molecule has 1 fully saturated rings. The van der Waals surface area contributed by atoms with Crippen LogP contribution in [0, 0.1) is 0 Å². The van der Waals surface area contributed by atoms with Gasteiger partial charge in [-0.2, -0.15) is 0 Å². The number of amides is 2. The van der Waals surface area contributed by atoms with E-state index in [9.17, 15) is 9.59 Å². The first-order valence-electron chi connectivity index (χ1n) is 15.2. The van der Waals surface area contributed by atoms with Crippen LogP contribution in [0.15, 0.2) is 77.3 Å². The second-order valence-electron chi connectivity index (χ2n) is 10.8. The molecule has 7 heteroatoms.